The molecule has 2 rings (SSSR count). The Labute approximate surface area is 127 Å². The maximum atomic E-state index is 12.6. The molecule has 20 heavy (non-hydrogen) atoms. The molecule has 1 aliphatic rings. The minimum absolute atomic E-state index is 0.00642. The molecule has 3 heteroatoms. The van der Waals surface area contributed by atoms with Crippen LogP contribution < -0.4 is 4.90 Å². The summed E-state index contributed by atoms with van der Waals surface area (Å²) in [5.41, 5.74) is 4.59. The first kappa shape index (κ1) is 15.4. The number of hydrogen-bond donors (Lipinski definition) is 0. The van der Waals surface area contributed by atoms with Gasteiger partial charge in [0.15, 0.2) is 0 Å². The van der Waals surface area contributed by atoms with E-state index < -0.39 is 5.38 Å². The van der Waals surface area contributed by atoms with Crippen molar-refractivity contribution in [2.75, 3.05) is 4.90 Å². The zero-order valence-corrected chi connectivity index (χ0v) is 14.0. The first-order valence-electron chi connectivity index (χ1n) is 7.24. The number of alkyl halides is 1. The molecule has 0 bridgehead atoms. The van der Waals surface area contributed by atoms with Crippen molar-refractivity contribution in [2.45, 2.75) is 64.8 Å². The third kappa shape index (κ3) is 2.46. The molecular weight excluding hydrogens is 270 g/mol. The number of rotatable bonds is 1. The average molecular weight is 294 g/mol. The summed E-state index contributed by atoms with van der Waals surface area (Å²) < 4.78 is 0. The fourth-order valence-electron chi connectivity index (χ4n) is 3.28. The smallest absolute Gasteiger partial charge is 0.245 e. The van der Waals surface area contributed by atoms with Gasteiger partial charge in [-0.2, -0.15) is 0 Å². The second-order valence-corrected chi connectivity index (χ2v) is 7.36. The topological polar surface area (TPSA) is 20.3 Å². The maximum Gasteiger partial charge on any atom is 0.245 e. The van der Waals surface area contributed by atoms with E-state index in [1.807, 2.05) is 4.90 Å². The van der Waals surface area contributed by atoms with Crippen LogP contribution in [0.2, 0.25) is 0 Å². The predicted molar refractivity (Wildman–Crippen MR) is 85.8 cm³/mol. The fourth-order valence-corrected chi connectivity index (χ4v) is 3.38. The summed E-state index contributed by atoms with van der Waals surface area (Å²) in [6.45, 7) is 12.4. The van der Waals surface area contributed by atoms with E-state index in [9.17, 15) is 4.79 Å². The molecule has 1 aliphatic heterocycles. The number of carbonyl (C=O) groups excluding carboxylic acids is 1. The Morgan fingerprint density at radius 2 is 1.90 bits per heavy atom. The number of benzene rings is 1. The molecule has 2 atom stereocenters. The standard InChI is InChI=1S/C17H24ClNO/c1-10-7-14-12(3)9-17(5,6)19(16(20)13(4)18)15(14)8-11(10)2/h7-8,12-13H,9H2,1-6H3/t12-,13-/m0/s1. The van der Waals surface area contributed by atoms with E-state index in [0.29, 0.717) is 5.92 Å². The van der Waals surface area contributed by atoms with Gasteiger partial charge in [0.25, 0.3) is 0 Å². The molecule has 0 saturated heterocycles. The number of anilines is 1. The summed E-state index contributed by atoms with van der Waals surface area (Å²) in [6.07, 6.45) is 0.956. The molecular formula is C17H24ClNO. The second kappa shape index (κ2) is 5.07. The van der Waals surface area contributed by atoms with E-state index in [1.54, 1.807) is 6.92 Å². The lowest BCUT2D eigenvalue weighted by atomic mass is 9.79. The van der Waals surface area contributed by atoms with Crippen molar-refractivity contribution in [1.29, 1.82) is 0 Å². The maximum absolute atomic E-state index is 12.6. The lowest BCUT2D eigenvalue weighted by Gasteiger charge is -2.46. The molecule has 2 nitrogen and oxygen atoms in total. The van der Waals surface area contributed by atoms with Crippen LogP contribution in [0.15, 0.2) is 12.1 Å². The number of hydrogen-bond acceptors (Lipinski definition) is 1. The SMILES string of the molecule is Cc1cc2c(cc1C)N(C(=O)[C@H](C)Cl)C(C)(C)C[C@@H]2C. The van der Waals surface area contributed by atoms with Crippen molar-refractivity contribution in [3.05, 3.63) is 28.8 Å². The van der Waals surface area contributed by atoms with Crippen molar-refractivity contribution in [3.8, 4) is 0 Å². The van der Waals surface area contributed by atoms with E-state index >= 15 is 0 Å². The van der Waals surface area contributed by atoms with Crippen LogP contribution >= 0.6 is 11.6 Å². The molecule has 0 fully saturated rings. The summed E-state index contributed by atoms with van der Waals surface area (Å²) >= 11 is 6.07. The molecule has 0 saturated carbocycles. The molecule has 0 spiro atoms. The lowest BCUT2D eigenvalue weighted by Crippen LogP contribution is -2.53. The van der Waals surface area contributed by atoms with Crippen molar-refractivity contribution in [2.24, 2.45) is 0 Å². The normalized spacial score (nSPS) is 22.4. The summed E-state index contributed by atoms with van der Waals surface area (Å²) in [7, 11) is 0. The summed E-state index contributed by atoms with van der Waals surface area (Å²) in [6, 6.07) is 4.36. The third-order valence-electron chi connectivity index (χ3n) is 4.39. The number of halogens is 1. The Kier molecular flexibility index (Phi) is 3.90. The van der Waals surface area contributed by atoms with Crippen molar-refractivity contribution >= 4 is 23.2 Å². The third-order valence-corrected chi connectivity index (χ3v) is 4.57. The van der Waals surface area contributed by atoms with Crippen LogP contribution in [-0.4, -0.2) is 16.8 Å². The number of carbonyl (C=O) groups is 1. The van der Waals surface area contributed by atoms with E-state index in [1.165, 1.54) is 16.7 Å². The molecule has 0 unspecified atom stereocenters. The van der Waals surface area contributed by atoms with Crippen LogP contribution in [0.1, 0.15) is 56.7 Å². The Balaban J connectivity index is 2.65. The van der Waals surface area contributed by atoms with Gasteiger partial charge in [-0.3, -0.25) is 4.79 Å². The van der Waals surface area contributed by atoms with Crippen LogP contribution in [0.4, 0.5) is 5.69 Å². The predicted octanol–water partition coefficient (Wildman–Crippen LogP) is 4.55. The number of nitrogens with zero attached hydrogens (tertiary/aromatic N) is 1. The number of amides is 1. The highest BCUT2D eigenvalue weighted by Gasteiger charge is 2.41. The van der Waals surface area contributed by atoms with Gasteiger partial charge >= 0.3 is 0 Å². The highest BCUT2D eigenvalue weighted by molar-refractivity contribution is 6.32. The van der Waals surface area contributed by atoms with Gasteiger partial charge in [-0.1, -0.05) is 13.0 Å². The van der Waals surface area contributed by atoms with Gasteiger partial charge in [-0.05, 0) is 69.7 Å². The van der Waals surface area contributed by atoms with Crippen LogP contribution in [0.25, 0.3) is 0 Å². The highest BCUT2D eigenvalue weighted by atomic mass is 35.5. The van der Waals surface area contributed by atoms with Crippen LogP contribution in [0, 0.1) is 13.8 Å². The monoisotopic (exact) mass is 293 g/mol. The van der Waals surface area contributed by atoms with Gasteiger partial charge in [0.1, 0.15) is 5.38 Å². The summed E-state index contributed by atoms with van der Waals surface area (Å²) in [5, 5.41) is -0.503. The first-order chi connectivity index (χ1) is 9.15. The second-order valence-electron chi connectivity index (χ2n) is 6.70. The Morgan fingerprint density at radius 3 is 2.45 bits per heavy atom. The van der Waals surface area contributed by atoms with Gasteiger partial charge in [-0.25, -0.2) is 0 Å². The molecule has 0 N–H and O–H groups in total. The largest absolute Gasteiger partial charge is 0.305 e. The molecule has 0 aromatic heterocycles. The Morgan fingerprint density at radius 1 is 1.35 bits per heavy atom. The zero-order chi connectivity index (χ0) is 15.2. The Hall–Kier alpha value is -1.02. The van der Waals surface area contributed by atoms with Crippen LogP contribution in [0.3, 0.4) is 0 Å². The molecule has 1 aromatic rings. The minimum Gasteiger partial charge on any atom is -0.305 e. The Bertz CT molecular complexity index is 548. The van der Waals surface area contributed by atoms with Gasteiger partial charge in [0.2, 0.25) is 5.91 Å². The molecule has 0 aliphatic carbocycles. The van der Waals surface area contributed by atoms with Gasteiger partial charge < -0.3 is 4.90 Å². The zero-order valence-electron chi connectivity index (χ0n) is 13.2. The van der Waals surface area contributed by atoms with Crippen LogP contribution in [0.5, 0.6) is 0 Å². The number of fused-ring (bicyclic) bond motifs is 1. The van der Waals surface area contributed by atoms with E-state index in [2.05, 4.69) is 46.8 Å². The minimum atomic E-state index is -0.503. The molecule has 110 valence electrons. The summed E-state index contributed by atoms with van der Waals surface area (Å²) in [4.78, 5) is 14.5. The van der Waals surface area contributed by atoms with E-state index in [4.69, 9.17) is 11.6 Å². The van der Waals surface area contributed by atoms with E-state index in [0.717, 1.165) is 12.1 Å². The van der Waals surface area contributed by atoms with Crippen molar-refractivity contribution < 1.29 is 4.79 Å². The highest BCUT2D eigenvalue weighted by Crippen LogP contribution is 2.44. The molecule has 1 amide bonds. The van der Waals surface area contributed by atoms with Gasteiger partial charge in [-0.15, -0.1) is 11.6 Å². The van der Waals surface area contributed by atoms with Crippen molar-refractivity contribution in [1.82, 2.24) is 0 Å². The van der Waals surface area contributed by atoms with Crippen LogP contribution in [-0.2, 0) is 4.79 Å². The van der Waals surface area contributed by atoms with Gasteiger partial charge in [0, 0.05) is 11.2 Å². The van der Waals surface area contributed by atoms with Gasteiger partial charge in [0.05, 0.1) is 0 Å². The molecule has 1 heterocycles. The molecule has 1 aromatic carbocycles. The number of aryl methyl sites for hydroxylation is 2. The van der Waals surface area contributed by atoms with E-state index in [-0.39, 0.29) is 11.4 Å². The quantitative estimate of drug-likeness (QED) is 0.696. The molecule has 0 radical (unpaired) electrons. The van der Waals surface area contributed by atoms with Crippen molar-refractivity contribution in [3.63, 3.8) is 0 Å². The first-order valence-corrected chi connectivity index (χ1v) is 7.68. The fraction of sp³-hybridized carbons (Fsp3) is 0.588. The lowest BCUT2D eigenvalue weighted by molar-refractivity contribution is -0.119. The summed E-state index contributed by atoms with van der Waals surface area (Å²) in [5.74, 6) is 0.446. The average Bonchev–Trinajstić information content (AvgIpc) is 2.30.